The van der Waals surface area contributed by atoms with Gasteiger partial charge in [-0.2, -0.15) is 0 Å². The molecule has 7 nitrogen and oxygen atoms in total. The number of nitrogens with zero attached hydrogens (tertiary/aromatic N) is 5. The summed E-state index contributed by atoms with van der Waals surface area (Å²) in [6, 6.07) is 57.1. The number of hydrogen-bond acceptors (Lipinski definition) is 4. The monoisotopic (exact) mass is 779 g/mol. The van der Waals surface area contributed by atoms with E-state index in [1.54, 1.807) is 0 Å². The van der Waals surface area contributed by atoms with Gasteiger partial charge in [-0.05, 0) is 156 Å². The van der Waals surface area contributed by atoms with Crippen LogP contribution < -0.4 is 21.3 Å². The zero-order chi connectivity index (χ0) is 41.0. The molecule has 0 radical (unpaired) electrons. The highest BCUT2D eigenvalue weighted by atomic mass is 15.1. The van der Waals surface area contributed by atoms with E-state index in [2.05, 4.69) is 192 Å². The van der Waals surface area contributed by atoms with Gasteiger partial charge < -0.3 is 35.0 Å². The summed E-state index contributed by atoms with van der Waals surface area (Å²) < 4.78 is 6.91. The van der Waals surface area contributed by atoms with Crippen LogP contribution in [0.4, 0.5) is 34.1 Å². The smallest absolute Gasteiger partial charge is 0.0490 e. The molecule has 0 unspecified atom stereocenters. The first-order valence-electron chi connectivity index (χ1n) is 20.4. The Morgan fingerprint density at radius 1 is 0.300 bits per heavy atom. The Bertz CT molecular complexity index is 3280. The molecule has 0 amide bonds. The fraction of sp³-hybridized carbons (Fsp3) is 0.0943. The van der Waals surface area contributed by atoms with Crippen LogP contribution in [0.3, 0.4) is 0 Å². The van der Waals surface area contributed by atoms with E-state index in [9.17, 15) is 0 Å². The summed E-state index contributed by atoms with van der Waals surface area (Å²) >= 11 is 0. The lowest BCUT2D eigenvalue weighted by atomic mass is 9.98. The van der Waals surface area contributed by atoms with E-state index in [0.29, 0.717) is 0 Å². The molecule has 3 heterocycles. The van der Waals surface area contributed by atoms with Crippen LogP contribution in [0.2, 0.25) is 0 Å². The first-order chi connectivity index (χ1) is 29.1. The van der Waals surface area contributed by atoms with Crippen molar-refractivity contribution in [1.82, 2.24) is 13.7 Å². The van der Waals surface area contributed by atoms with Gasteiger partial charge in [-0.25, -0.2) is 0 Å². The van der Waals surface area contributed by atoms with Crippen LogP contribution in [-0.4, -0.2) is 27.8 Å². The maximum Gasteiger partial charge on any atom is 0.0490 e. The predicted molar refractivity (Wildman–Crippen MR) is 257 cm³/mol. The highest BCUT2D eigenvalue weighted by Gasteiger charge is 2.17. The van der Waals surface area contributed by atoms with Crippen molar-refractivity contribution in [3.63, 3.8) is 0 Å². The number of hydrogen-bond donors (Lipinski definition) is 2. The number of aromatic nitrogens is 3. The summed E-state index contributed by atoms with van der Waals surface area (Å²) in [5.74, 6) is 0. The quantitative estimate of drug-likeness (QED) is 0.165. The minimum atomic E-state index is 0.763. The molecular weight excluding hydrogens is 735 g/mol. The van der Waals surface area contributed by atoms with Crippen LogP contribution in [0.25, 0.3) is 87.7 Å². The number of fused-ring (bicyclic) bond motifs is 9. The second-order valence-electron chi connectivity index (χ2n) is 16.3. The average Bonchev–Trinajstić information content (AvgIpc) is 3.85. The van der Waals surface area contributed by atoms with E-state index in [0.717, 1.165) is 34.1 Å². The van der Waals surface area contributed by atoms with Gasteiger partial charge in [0.05, 0.1) is 0 Å². The summed E-state index contributed by atoms with van der Waals surface area (Å²) in [5.41, 5.74) is 30.0. The van der Waals surface area contributed by atoms with Crippen LogP contribution in [0.5, 0.6) is 0 Å². The lowest BCUT2D eigenvalue weighted by Gasteiger charge is -2.20. The topological polar surface area (TPSA) is 73.3 Å². The zero-order valence-electron chi connectivity index (χ0n) is 34.4. The van der Waals surface area contributed by atoms with Crippen molar-refractivity contribution in [3.8, 4) is 22.3 Å². The molecule has 11 aromatic rings. The van der Waals surface area contributed by atoms with Crippen LogP contribution >= 0.6 is 0 Å². The van der Waals surface area contributed by atoms with E-state index in [1.165, 1.54) is 87.7 Å². The maximum atomic E-state index is 5.99. The fourth-order valence-electron chi connectivity index (χ4n) is 9.46. The third-order valence-corrected chi connectivity index (χ3v) is 13.0. The largest absolute Gasteiger partial charge is 0.399 e. The van der Waals surface area contributed by atoms with Crippen LogP contribution in [0.15, 0.2) is 158 Å². The predicted octanol–water partition coefficient (Wildman–Crippen LogP) is 12.7. The van der Waals surface area contributed by atoms with Crippen molar-refractivity contribution in [2.75, 3.05) is 35.4 Å². The Kier molecular flexibility index (Phi) is 7.81. The molecule has 11 rings (SSSR count). The number of anilines is 6. The summed E-state index contributed by atoms with van der Waals surface area (Å²) in [4.78, 5) is 4.42. The van der Waals surface area contributed by atoms with Gasteiger partial charge >= 0.3 is 0 Å². The molecule has 292 valence electrons. The molecule has 0 fully saturated rings. The number of aryl methyl sites for hydroxylation is 3. The third-order valence-electron chi connectivity index (χ3n) is 13.0. The summed E-state index contributed by atoms with van der Waals surface area (Å²) in [7, 11) is 10.7. The van der Waals surface area contributed by atoms with Gasteiger partial charge in [0.15, 0.2) is 0 Å². The second-order valence-corrected chi connectivity index (χ2v) is 16.3. The van der Waals surface area contributed by atoms with Crippen LogP contribution in [0.1, 0.15) is 0 Å². The Labute approximate surface area is 348 Å². The van der Waals surface area contributed by atoms with Crippen LogP contribution in [-0.2, 0) is 21.1 Å². The molecule has 0 aliphatic heterocycles. The molecule has 0 saturated heterocycles. The Morgan fingerprint density at radius 2 is 0.533 bits per heavy atom. The van der Waals surface area contributed by atoms with E-state index >= 15 is 0 Å². The van der Waals surface area contributed by atoms with Gasteiger partial charge in [-0.1, -0.05) is 24.3 Å². The summed E-state index contributed by atoms with van der Waals surface area (Å²) in [6.45, 7) is 0. The standard InChI is InChI=1S/C53H45N7/c1-56(38-14-10-36(54)11-15-38)40-18-24-52-46(30-40)44-28-34(8-22-50(44)59(52)4)32-6-20-48-42(26-32)43-27-33(7-21-49(43)58(48)3)35-9-23-51-45(29-35)47-31-41(19-25-53(47)60(51)5)57(2)39-16-12-37(55)13-17-39/h6-31H,54-55H2,1-5H3. The minimum Gasteiger partial charge on any atom is -0.399 e. The van der Waals surface area contributed by atoms with Crippen molar-refractivity contribution in [2.45, 2.75) is 0 Å². The highest BCUT2D eigenvalue weighted by Crippen LogP contribution is 2.40. The molecule has 4 N–H and O–H groups in total. The SMILES string of the molecule is CN(c1ccc(N)cc1)c1ccc2c(c1)c1cc(-c3ccc4c(c3)c3cc(-c5ccc6c(c5)c5cc(N(C)c7ccc(N)cc7)ccc5n6C)ccc3n4C)ccc1n2C. The molecular formula is C53H45N7. The molecule has 8 aromatic carbocycles. The Hall–Kier alpha value is -7.64. The molecule has 0 aliphatic carbocycles. The minimum absolute atomic E-state index is 0.763. The van der Waals surface area contributed by atoms with E-state index in [4.69, 9.17) is 11.5 Å². The van der Waals surface area contributed by atoms with Crippen molar-refractivity contribution >= 4 is 99.5 Å². The van der Waals surface area contributed by atoms with Gasteiger partial charge in [0, 0.05) is 135 Å². The summed E-state index contributed by atoms with van der Waals surface area (Å²) in [6.07, 6.45) is 0. The molecule has 0 aliphatic rings. The summed E-state index contributed by atoms with van der Waals surface area (Å²) in [5, 5.41) is 7.45. The van der Waals surface area contributed by atoms with E-state index < -0.39 is 0 Å². The first kappa shape index (κ1) is 35.5. The van der Waals surface area contributed by atoms with E-state index in [1.807, 2.05) is 24.3 Å². The third kappa shape index (κ3) is 5.43. The van der Waals surface area contributed by atoms with Gasteiger partial charge in [0.2, 0.25) is 0 Å². The van der Waals surface area contributed by atoms with Gasteiger partial charge in [-0.3, -0.25) is 0 Å². The Balaban J connectivity index is 0.992. The lowest BCUT2D eigenvalue weighted by Crippen LogP contribution is -2.09. The Morgan fingerprint density at radius 3 is 0.817 bits per heavy atom. The van der Waals surface area contributed by atoms with Crippen molar-refractivity contribution in [3.05, 3.63) is 158 Å². The van der Waals surface area contributed by atoms with Gasteiger partial charge in [0.1, 0.15) is 0 Å². The lowest BCUT2D eigenvalue weighted by molar-refractivity contribution is 1.01. The van der Waals surface area contributed by atoms with Crippen LogP contribution in [0, 0.1) is 0 Å². The van der Waals surface area contributed by atoms with Gasteiger partial charge in [0.25, 0.3) is 0 Å². The number of nitrogens with two attached hydrogens (primary N) is 2. The second kappa shape index (κ2) is 13.2. The normalized spacial score (nSPS) is 11.9. The number of benzene rings is 8. The fourth-order valence-corrected chi connectivity index (χ4v) is 9.46. The molecule has 0 spiro atoms. The van der Waals surface area contributed by atoms with Gasteiger partial charge in [-0.15, -0.1) is 0 Å². The molecule has 0 bridgehead atoms. The molecule has 0 saturated carbocycles. The number of rotatable bonds is 6. The molecule has 7 heteroatoms. The van der Waals surface area contributed by atoms with Crippen molar-refractivity contribution < 1.29 is 0 Å². The average molecular weight is 780 g/mol. The van der Waals surface area contributed by atoms with Crippen molar-refractivity contribution in [2.24, 2.45) is 21.1 Å². The highest BCUT2D eigenvalue weighted by molar-refractivity contribution is 6.14. The van der Waals surface area contributed by atoms with E-state index in [-0.39, 0.29) is 0 Å². The van der Waals surface area contributed by atoms with Crippen molar-refractivity contribution in [1.29, 1.82) is 0 Å². The molecule has 0 atom stereocenters. The first-order valence-corrected chi connectivity index (χ1v) is 20.4. The molecule has 60 heavy (non-hydrogen) atoms. The number of nitrogen functional groups attached to an aromatic ring is 2. The molecule has 3 aromatic heterocycles. The zero-order valence-corrected chi connectivity index (χ0v) is 34.4. The maximum absolute atomic E-state index is 5.99.